The Morgan fingerprint density at radius 3 is 2.08 bits per heavy atom. The average Bonchev–Trinajstić information content (AvgIpc) is 2.58. The lowest BCUT2D eigenvalue weighted by molar-refractivity contribution is -0.147. The van der Waals surface area contributed by atoms with Crippen LogP contribution in [-0.2, 0) is 19.1 Å². The summed E-state index contributed by atoms with van der Waals surface area (Å²) >= 11 is 0. The van der Waals surface area contributed by atoms with Crippen LogP contribution < -0.4 is 4.74 Å². The van der Waals surface area contributed by atoms with Crippen molar-refractivity contribution >= 4 is 23.4 Å². The number of rotatable bonds is 8. The van der Waals surface area contributed by atoms with Gasteiger partial charge in [-0.1, -0.05) is 6.58 Å². The van der Waals surface area contributed by atoms with Crippen LogP contribution in [0.25, 0.3) is 5.53 Å². The smallest absolute Gasteiger partial charge is 0.446 e. The van der Waals surface area contributed by atoms with Crippen molar-refractivity contribution in [2.45, 2.75) is 6.92 Å². The molecule has 24 heavy (non-hydrogen) atoms. The molecular weight excluding hydrogens is 316 g/mol. The van der Waals surface area contributed by atoms with Gasteiger partial charge in [-0.25, -0.2) is 9.59 Å². The monoisotopic (exact) mass is 332 g/mol. The Balaban J connectivity index is 2.63. The van der Waals surface area contributed by atoms with Crippen molar-refractivity contribution in [3.63, 3.8) is 0 Å². The van der Waals surface area contributed by atoms with Gasteiger partial charge in [0.05, 0.1) is 7.11 Å². The zero-order valence-corrected chi connectivity index (χ0v) is 13.3. The molecule has 1 rings (SSSR count). The molecule has 0 fully saturated rings. The molecule has 0 aromatic heterocycles. The third-order valence-electron chi connectivity index (χ3n) is 2.76. The number of benzene rings is 1. The summed E-state index contributed by atoms with van der Waals surface area (Å²) in [4.78, 5) is 37.7. The molecule has 0 heterocycles. The van der Waals surface area contributed by atoms with Crippen LogP contribution in [0.3, 0.4) is 0 Å². The lowest BCUT2D eigenvalue weighted by atomic mass is 10.1. The summed E-state index contributed by atoms with van der Waals surface area (Å²) < 4.78 is 14.4. The van der Waals surface area contributed by atoms with Crippen molar-refractivity contribution in [3.05, 3.63) is 47.5 Å². The second kappa shape index (κ2) is 9.02. The van der Waals surface area contributed by atoms with E-state index in [0.29, 0.717) is 5.75 Å². The van der Waals surface area contributed by atoms with E-state index in [1.165, 1.54) is 38.3 Å². The Morgan fingerprint density at radius 2 is 1.62 bits per heavy atom. The Labute approximate surface area is 138 Å². The molecule has 0 N–H and O–H groups in total. The standard InChI is InChI=1S/C16H16N2O6/c1-10(2)15(20)23-8-9-24-16(21)13(18-17)14(19)11-4-6-12(22-3)7-5-11/h4-7H,1,8-9H2,2-3H3. The summed E-state index contributed by atoms with van der Waals surface area (Å²) in [6, 6.07) is 5.86. The first-order chi connectivity index (χ1) is 11.4. The molecule has 0 amide bonds. The van der Waals surface area contributed by atoms with Crippen LogP contribution in [-0.4, -0.2) is 48.5 Å². The molecular formula is C16H16N2O6. The SMILES string of the molecule is C=C(C)C(=O)OCCOC(=O)C(=[N+]=[N-])C(=O)c1ccc(OC)cc1. The van der Waals surface area contributed by atoms with Crippen LogP contribution >= 0.6 is 0 Å². The highest BCUT2D eigenvalue weighted by Crippen LogP contribution is 2.12. The van der Waals surface area contributed by atoms with Crippen LogP contribution in [0.2, 0.25) is 0 Å². The number of hydrogen-bond donors (Lipinski definition) is 0. The minimum Gasteiger partial charge on any atom is -0.497 e. The molecule has 0 spiro atoms. The molecule has 126 valence electrons. The molecule has 0 unspecified atom stereocenters. The Hall–Kier alpha value is -3.25. The lowest BCUT2D eigenvalue weighted by Gasteiger charge is -2.04. The maximum absolute atomic E-state index is 12.1. The van der Waals surface area contributed by atoms with Crippen molar-refractivity contribution in [1.82, 2.24) is 0 Å². The van der Waals surface area contributed by atoms with E-state index in [1.54, 1.807) is 0 Å². The molecule has 0 saturated heterocycles. The lowest BCUT2D eigenvalue weighted by Crippen LogP contribution is -2.28. The maximum Gasteiger partial charge on any atom is 0.446 e. The minimum atomic E-state index is -1.13. The predicted octanol–water partition coefficient (Wildman–Crippen LogP) is 1.21. The molecule has 0 saturated carbocycles. The van der Waals surface area contributed by atoms with Crippen molar-refractivity contribution in [2.24, 2.45) is 0 Å². The van der Waals surface area contributed by atoms with E-state index < -0.39 is 23.4 Å². The van der Waals surface area contributed by atoms with Gasteiger partial charge in [0.2, 0.25) is 0 Å². The first-order valence-electron chi connectivity index (χ1n) is 6.81. The first-order valence-corrected chi connectivity index (χ1v) is 6.81. The van der Waals surface area contributed by atoms with Crippen LogP contribution in [0.1, 0.15) is 17.3 Å². The summed E-state index contributed by atoms with van der Waals surface area (Å²) in [5.41, 5.74) is 8.43. The van der Waals surface area contributed by atoms with Gasteiger partial charge in [-0.05, 0) is 31.2 Å². The molecule has 8 nitrogen and oxygen atoms in total. The van der Waals surface area contributed by atoms with E-state index in [2.05, 4.69) is 11.4 Å². The molecule has 0 bridgehead atoms. The quantitative estimate of drug-likeness (QED) is 0.103. The number of nitrogens with zero attached hydrogens (tertiary/aromatic N) is 2. The third kappa shape index (κ3) is 5.19. The normalized spacial score (nSPS) is 9.42. The van der Waals surface area contributed by atoms with E-state index in [0.717, 1.165) is 0 Å². The highest BCUT2D eigenvalue weighted by Gasteiger charge is 2.32. The van der Waals surface area contributed by atoms with Gasteiger partial charge in [-0.2, -0.15) is 4.79 Å². The van der Waals surface area contributed by atoms with Gasteiger partial charge in [0.25, 0.3) is 5.78 Å². The summed E-state index contributed by atoms with van der Waals surface area (Å²) in [5, 5.41) is 0. The van der Waals surface area contributed by atoms with Crippen LogP contribution in [0.15, 0.2) is 36.4 Å². The number of ketones is 1. The average molecular weight is 332 g/mol. The van der Waals surface area contributed by atoms with Crippen LogP contribution in [0, 0.1) is 0 Å². The van der Waals surface area contributed by atoms with Gasteiger partial charge < -0.3 is 19.7 Å². The van der Waals surface area contributed by atoms with E-state index in [-0.39, 0.29) is 24.4 Å². The summed E-state index contributed by atoms with van der Waals surface area (Å²) in [5.74, 6) is -2.05. The highest BCUT2D eigenvalue weighted by molar-refractivity contribution is 6.65. The van der Waals surface area contributed by atoms with Gasteiger partial charge in [0, 0.05) is 11.1 Å². The number of Topliss-reactive ketones (excluding diaryl/α,β-unsaturated/α-hetero) is 1. The molecule has 0 atom stereocenters. The molecule has 8 heteroatoms. The van der Waals surface area contributed by atoms with E-state index in [9.17, 15) is 14.4 Å². The fourth-order valence-electron chi connectivity index (χ4n) is 1.52. The number of carbonyl (C=O) groups is 3. The van der Waals surface area contributed by atoms with Crippen molar-refractivity contribution in [1.29, 1.82) is 0 Å². The van der Waals surface area contributed by atoms with Crippen molar-refractivity contribution in [2.75, 3.05) is 20.3 Å². The zero-order chi connectivity index (χ0) is 18.1. The Kier molecular flexibility index (Phi) is 7.06. The second-order valence-electron chi connectivity index (χ2n) is 4.56. The predicted molar refractivity (Wildman–Crippen MR) is 82.7 cm³/mol. The van der Waals surface area contributed by atoms with Crippen LogP contribution in [0.5, 0.6) is 5.75 Å². The number of ether oxygens (including phenoxy) is 3. The van der Waals surface area contributed by atoms with Crippen molar-refractivity contribution in [3.8, 4) is 5.75 Å². The van der Waals surface area contributed by atoms with Crippen molar-refractivity contribution < 1.29 is 33.4 Å². The topological polar surface area (TPSA) is 115 Å². The van der Waals surface area contributed by atoms with Crippen LogP contribution in [0.4, 0.5) is 0 Å². The summed E-state index contributed by atoms with van der Waals surface area (Å²) in [6.07, 6.45) is 0. The van der Waals surface area contributed by atoms with Gasteiger partial charge in [0.1, 0.15) is 19.0 Å². The van der Waals surface area contributed by atoms with Gasteiger partial charge in [-0.3, -0.25) is 4.79 Å². The molecule has 0 aliphatic heterocycles. The number of methoxy groups -OCH3 is 1. The molecule has 1 aromatic rings. The minimum absolute atomic E-state index is 0.120. The Bertz CT molecular complexity index is 702. The maximum atomic E-state index is 12.1. The fourth-order valence-corrected chi connectivity index (χ4v) is 1.52. The van der Waals surface area contributed by atoms with E-state index in [4.69, 9.17) is 19.7 Å². The van der Waals surface area contributed by atoms with E-state index in [1.807, 2.05) is 0 Å². The van der Waals surface area contributed by atoms with Gasteiger partial charge in [0.15, 0.2) is 0 Å². The van der Waals surface area contributed by atoms with E-state index >= 15 is 0 Å². The van der Waals surface area contributed by atoms with Gasteiger partial charge >= 0.3 is 17.7 Å². The third-order valence-corrected chi connectivity index (χ3v) is 2.76. The Morgan fingerprint density at radius 1 is 1.08 bits per heavy atom. The second-order valence-corrected chi connectivity index (χ2v) is 4.56. The summed E-state index contributed by atoms with van der Waals surface area (Å²) in [7, 11) is 1.47. The molecule has 1 aromatic carbocycles. The fraction of sp³-hybridized carbons (Fsp3) is 0.250. The largest absolute Gasteiger partial charge is 0.497 e. The van der Waals surface area contributed by atoms with Gasteiger partial charge in [-0.15, -0.1) is 0 Å². The molecule has 0 aliphatic rings. The summed E-state index contributed by atoms with van der Waals surface area (Å²) in [6.45, 7) is 4.35. The molecule has 0 aliphatic carbocycles. The highest BCUT2D eigenvalue weighted by atomic mass is 16.6. The zero-order valence-electron chi connectivity index (χ0n) is 13.3. The first kappa shape index (κ1) is 18.8. The molecule has 0 radical (unpaired) electrons. The number of hydrogen-bond acceptors (Lipinski definition) is 6. The number of esters is 2. The number of carbonyl (C=O) groups excluding carboxylic acids is 3.